The molecule has 0 aliphatic rings. The molecule has 0 spiro atoms. The second-order valence-electron chi connectivity index (χ2n) is 5.24. The van der Waals surface area contributed by atoms with E-state index in [0.717, 1.165) is 11.3 Å². The number of carboxylic acids is 1. The first kappa shape index (κ1) is 19.0. The summed E-state index contributed by atoms with van der Waals surface area (Å²) in [6.45, 7) is 0.269. The number of hydrogen-bond donors (Lipinski definition) is 2. The lowest BCUT2D eigenvalue weighted by Gasteiger charge is -2.13. The van der Waals surface area contributed by atoms with Gasteiger partial charge in [0.15, 0.2) is 0 Å². The number of benzene rings is 1. The van der Waals surface area contributed by atoms with Gasteiger partial charge in [-0.3, -0.25) is 4.79 Å². The van der Waals surface area contributed by atoms with Gasteiger partial charge >= 0.3 is 5.97 Å². The molecule has 2 rings (SSSR count). The van der Waals surface area contributed by atoms with Crippen LogP contribution in [-0.2, 0) is 20.1 Å². The van der Waals surface area contributed by atoms with Crippen molar-refractivity contribution in [3.8, 4) is 11.5 Å². The second-order valence-corrected chi connectivity index (χ2v) is 6.23. The van der Waals surface area contributed by atoms with Crippen LogP contribution < -0.4 is 5.32 Å². The van der Waals surface area contributed by atoms with Crippen LogP contribution in [-0.4, -0.2) is 47.5 Å². The van der Waals surface area contributed by atoms with E-state index in [4.69, 9.17) is 14.3 Å². The summed E-state index contributed by atoms with van der Waals surface area (Å²) in [5.41, 5.74) is 1.62. The first-order chi connectivity index (χ1) is 12.1. The normalized spacial score (nSPS) is 11.9. The fourth-order valence-corrected chi connectivity index (χ4v) is 2.78. The summed E-state index contributed by atoms with van der Waals surface area (Å²) >= 11 is 1.34. The number of oxazole rings is 1. The van der Waals surface area contributed by atoms with Crippen LogP contribution in [0.15, 0.2) is 41.0 Å². The second kappa shape index (κ2) is 9.85. The molecule has 0 aliphatic heterocycles. The Balaban J connectivity index is 1.77. The van der Waals surface area contributed by atoms with E-state index >= 15 is 0 Å². The van der Waals surface area contributed by atoms with Gasteiger partial charge in [0.2, 0.25) is 11.8 Å². The predicted molar refractivity (Wildman–Crippen MR) is 94.2 cm³/mol. The monoisotopic (exact) mass is 364 g/mol. The number of hydrogen-bond acceptors (Lipinski definition) is 6. The van der Waals surface area contributed by atoms with Crippen molar-refractivity contribution in [2.45, 2.75) is 18.2 Å². The predicted octanol–water partition coefficient (Wildman–Crippen LogP) is 2.18. The minimum absolute atomic E-state index is 0.143. The van der Waals surface area contributed by atoms with E-state index in [1.807, 2.05) is 30.3 Å². The van der Waals surface area contributed by atoms with Gasteiger partial charge in [-0.25, -0.2) is 9.78 Å². The Morgan fingerprint density at radius 1 is 1.36 bits per heavy atom. The highest BCUT2D eigenvalue weighted by atomic mass is 32.2. The fourth-order valence-electron chi connectivity index (χ4n) is 2.06. The van der Waals surface area contributed by atoms with Crippen molar-refractivity contribution in [1.29, 1.82) is 0 Å². The maximum absolute atomic E-state index is 11.9. The van der Waals surface area contributed by atoms with E-state index < -0.39 is 12.0 Å². The minimum Gasteiger partial charge on any atom is -0.480 e. The van der Waals surface area contributed by atoms with Gasteiger partial charge in [-0.15, -0.1) is 11.8 Å². The number of carbonyl (C=O) groups is 2. The number of aliphatic carboxylic acids is 1. The Morgan fingerprint density at radius 2 is 2.12 bits per heavy atom. The highest BCUT2D eigenvalue weighted by molar-refractivity contribution is 7.99. The van der Waals surface area contributed by atoms with Crippen LogP contribution in [0.3, 0.4) is 0 Å². The molecule has 1 aromatic carbocycles. The topological polar surface area (TPSA) is 102 Å². The lowest BCUT2D eigenvalue weighted by Crippen LogP contribution is -2.42. The number of aromatic nitrogens is 1. The summed E-state index contributed by atoms with van der Waals surface area (Å²) < 4.78 is 10.3. The number of thioether (sulfide) groups is 1. The number of nitrogens with zero attached hydrogens (tertiary/aromatic N) is 1. The van der Waals surface area contributed by atoms with Crippen LogP contribution in [0.5, 0.6) is 0 Å². The summed E-state index contributed by atoms with van der Waals surface area (Å²) in [6, 6.07) is 8.59. The van der Waals surface area contributed by atoms with Crippen molar-refractivity contribution in [2.75, 3.05) is 19.5 Å². The zero-order valence-electron chi connectivity index (χ0n) is 13.8. The molecule has 1 atom stereocenters. The number of carbonyl (C=O) groups excluding carboxylic acids is 1. The number of rotatable bonds is 10. The quantitative estimate of drug-likeness (QED) is 0.666. The molecule has 25 heavy (non-hydrogen) atoms. The van der Waals surface area contributed by atoms with Gasteiger partial charge in [0.1, 0.15) is 12.3 Å². The molecular weight excluding hydrogens is 344 g/mol. The van der Waals surface area contributed by atoms with Crippen molar-refractivity contribution < 1.29 is 23.8 Å². The maximum atomic E-state index is 11.9. The molecule has 0 saturated heterocycles. The fraction of sp³-hybridized carbons (Fsp3) is 0.353. The van der Waals surface area contributed by atoms with Crippen molar-refractivity contribution in [3.63, 3.8) is 0 Å². The first-order valence-corrected chi connectivity index (χ1v) is 8.84. The number of carboxylic acid groups (broad SMARTS) is 1. The standard InChI is InChI=1S/C17H20N2O5S/c1-23-8-7-14(17(21)22)19-15(20)11-25-10-13-9-24-16(18-13)12-5-3-2-4-6-12/h2-6,9,14H,7-8,10-11H2,1H3,(H,19,20)(H,21,22). The third kappa shape index (κ3) is 6.24. The van der Waals surface area contributed by atoms with Crippen LogP contribution in [0.4, 0.5) is 0 Å². The lowest BCUT2D eigenvalue weighted by atomic mass is 10.2. The van der Waals surface area contributed by atoms with E-state index in [-0.39, 0.29) is 24.7 Å². The molecule has 7 nitrogen and oxygen atoms in total. The molecule has 1 amide bonds. The molecule has 2 aromatic rings. The van der Waals surface area contributed by atoms with E-state index in [9.17, 15) is 9.59 Å². The van der Waals surface area contributed by atoms with Gasteiger partial charge in [-0.05, 0) is 12.1 Å². The van der Waals surface area contributed by atoms with E-state index in [2.05, 4.69) is 10.3 Å². The Labute approximate surface area is 149 Å². The van der Waals surface area contributed by atoms with Crippen LogP contribution in [0, 0.1) is 0 Å². The largest absolute Gasteiger partial charge is 0.480 e. The molecule has 0 radical (unpaired) electrons. The smallest absolute Gasteiger partial charge is 0.326 e. The van der Waals surface area contributed by atoms with Crippen molar-refractivity contribution in [2.24, 2.45) is 0 Å². The third-order valence-electron chi connectivity index (χ3n) is 3.30. The van der Waals surface area contributed by atoms with Crippen LogP contribution in [0.25, 0.3) is 11.5 Å². The minimum atomic E-state index is -1.07. The Kier molecular flexibility index (Phi) is 7.49. The molecule has 2 N–H and O–H groups in total. The summed E-state index contributed by atoms with van der Waals surface area (Å²) in [6.07, 6.45) is 1.79. The number of amides is 1. The van der Waals surface area contributed by atoms with Crippen molar-refractivity contribution in [3.05, 3.63) is 42.3 Å². The Hall–Kier alpha value is -2.32. The van der Waals surface area contributed by atoms with Crippen LogP contribution in [0.1, 0.15) is 12.1 Å². The number of methoxy groups -OCH3 is 1. The van der Waals surface area contributed by atoms with E-state index in [1.54, 1.807) is 6.26 Å². The number of nitrogens with one attached hydrogen (secondary N) is 1. The first-order valence-electron chi connectivity index (χ1n) is 7.69. The van der Waals surface area contributed by atoms with Crippen molar-refractivity contribution in [1.82, 2.24) is 10.3 Å². The van der Waals surface area contributed by atoms with Gasteiger partial charge in [0.05, 0.1) is 11.4 Å². The average molecular weight is 364 g/mol. The summed E-state index contributed by atoms with van der Waals surface area (Å²) in [5.74, 6) is -0.227. The molecule has 8 heteroatoms. The van der Waals surface area contributed by atoms with Gasteiger partial charge in [0, 0.05) is 31.5 Å². The summed E-state index contributed by atoms with van der Waals surface area (Å²) in [7, 11) is 1.48. The molecule has 1 heterocycles. The van der Waals surface area contributed by atoms with Crippen LogP contribution >= 0.6 is 11.8 Å². The zero-order chi connectivity index (χ0) is 18.1. The Morgan fingerprint density at radius 3 is 2.80 bits per heavy atom. The Bertz CT molecular complexity index is 689. The van der Waals surface area contributed by atoms with E-state index in [0.29, 0.717) is 11.6 Å². The van der Waals surface area contributed by atoms with E-state index in [1.165, 1.54) is 18.9 Å². The molecule has 1 unspecified atom stereocenters. The molecule has 0 aliphatic carbocycles. The van der Waals surface area contributed by atoms with Gasteiger partial charge in [0.25, 0.3) is 0 Å². The summed E-state index contributed by atoms with van der Waals surface area (Å²) in [4.78, 5) is 27.3. The molecule has 0 fully saturated rings. The molecular formula is C17H20N2O5S. The highest BCUT2D eigenvalue weighted by Crippen LogP contribution is 2.20. The molecule has 1 aromatic heterocycles. The average Bonchev–Trinajstić information content (AvgIpc) is 3.08. The van der Waals surface area contributed by atoms with Gasteiger partial charge < -0.3 is 19.6 Å². The SMILES string of the molecule is COCCC(NC(=O)CSCc1coc(-c2ccccc2)n1)C(=O)O. The maximum Gasteiger partial charge on any atom is 0.326 e. The van der Waals surface area contributed by atoms with Crippen LogP contribution in [0.2, 0.25) is 0 Å². The molecule has 0 saturated carbocycles. The van der Waals surface area contributed by atoms with Crippen molar-refractivity contribution >= 4 is 23.6 Å². The number of ether oxygens (including phenoxy) is 1. The lowest BCUT2D eigenvalue weighted by molar-refractivity contribution is -0.142. The molecule has 134 valence electrons. The zero-order valence-corrected chi connectivity index (χ0v) is 14.6. The third-order valence-corrected chi connectivity index (χ3v) is 4.27. The molecule has 0 bridgehead atoms. The van der Waals surface area contributed by atoms with Gasteiger partial charge in [-0.2, -0.15) is 0 Å². The summed E-state index contributed by atoms with van der Waals surface area (Å²) in [5, 5.41) is 11.5. The van der Waals surface area contributed by atoms with Gasteiger partial charge in [-0.1, -0.05) is 18.2 Å². The highest BCUT2D eigenvalue weighted by Gasteiger charge is 2.19.